The zero-order valence-corrected chi connectivity index (χ0v) is 16.8. The topological polar surface area (TPSA) is 108 Å². The summed E-state index contributed by atoms with van der Waals surface area (Å²) in [6, 6.07) is 12.0. The smallest absolute Gasteiger partial charge is 0.293 e. The summed E-state index contributed by atoms with van der Waals surface area (Å²) in [5, 5.41) is 23.7. The first-order valence-electron chi connectivity index (χ1n) is 9.50. The number of nitro benzene ring substituents is 1. The van der Waals surface area contributed by atoms with E-state index in [0.717, 1.165) is 11.1 Å². The van der Waals surface area contributed by atoms with Crippen LogP contribution >= 0.6 is 0 Å². The van der Waals surface area contributed by atoms with Crippen molar-refractivity contribution >= 4 is 29.0 Å². The quantitative estimate of drug-likeness (QED) is 0.352. The van der Waals surface area contributed by atoms with Crippen molar-refractivity contribution in [2.75, 3.05) is 36.5 Å². The highest BCUT2D eigenvalue weighted by molar-refractivity contribution is 6.09. The Morgan fingerprint density at radius 2 is 1.93 bits per heavy atom. The highest BCUT2D eigenvalue weighted by Crippen LogP contribution is 2.30. The molecular weight excluding hydrogens is 384 g/mol. The summed E-state index contributed by atoms with van der Waals surface area (Å²) in [7, 11) is 0. The molecule has 0 aromatic heterocycles. The van der Waals surface area contributed by atoms with Crippen LogP contribution in [0.1, 0.15) is 16.7 Å². The molecule has 1 N–H and O–H groups in total. The zero-order chi connectivity index (χ0) is 21.7. The monoisotopic (exact) mass is 406 g/mol. The average Bonchev–Trinajstić information content (AvgIpc) is 2.75. The number of carbonyl (C=O) groups is 1. The third-order valence-corrected chi connectivity index (χ3v) is 4.99. The van der Waals surface area contributed by atoms with Gasteiger partial charge in [0.2, 0.25) is 0 Å². The molecule has 1 aliphatic rings. The van der Waals surface area contributed by atoms with Crippen molar-refractivity contribution in [1.82, 2.24) is 0 Å². The van der Waals surface area contributed by atoms with Crippen LogP contribution in [0.25, 0.3) is 6.08 Å². The fraction of sp³-hybridized carbons (Fsp3) is 0.273. The van der Waals surface area contributed by atoms with E-state index in [9.17, 15) is 20.2 Å². The van der Waals surface area contributed by atoms with Gasteiger partial charge in [-0.25, -0.2) is 0 Å². The molecule has 2 aromatic carbocycles. The molecule has 0 aliphatic carbocycles. The molecule has 1 heterocycles. The van der Waals surface area contributed by atoms with Crippen molar-refractivity contribution in [3.8, 4) is 6.07 Å². The molecule has 0 saturated carbocycles. The largest absolute Gasteiger partial charge is 0.378 e. The van der Waals surface area contributed by atoms with Crippen LogP contribution in [0.15, 0.2) is 42.0 Å². The van der Waals surface area contributed by atoms with Crippen molar-refractivity contribution in [1.29, 1.82) is 5.26 Å². The SMILES string of the molecule is Cc1ccc(NC(=O)/C(C#N)=C/c2ccc(N3CCOCC3)c([N+](=O)[O-])c2)cc1C. The normalized spacial score (nSPS) is 14.2. The summed E-state index contributed by atoms with van der Waals surface area (Å²) in [5.41, 5.74) is 3.39. The van der Waals surface area contributed by atoms with Gasteiger partial charge in [0.1, 0.15) is 17.3 Å². The molecule has 0 spiro atoms. The zero-order valence-electron chi connectivity index (χ0n) is 16.8. The van der Waals surface area contributed by atoms with Crippen LogP contribution in [-0.4, -0.2) is 37.1 Å². The number of benzene rings is 2. The number of ether oxygens (including phenoxy) is 1. The lowest BCUT2D eigenvalue weighted by atomic mass is 10.1. The standard InChI is InChI=1S/C22H22N4O4/c1-15-3-5-19(11-16(15)2)24-22(27)18(14-23)12-17-4-6-20(21(13-17)26(28)29)25-7-9-30-10-8-25/h3-6,11-13H,7-10H2,1-2H3,(H,24,27)/b18-12+. The highest BCUT2D eigenvalue weighted by atomic mass is 16.6. The number of rotatable bonds is 5. The molecule has 8 nitrogen and oxygen atoms in total. The molecule has 3 rings (SSSR count). The van der Waals surface area contributed by atoms with Crippen molar-refractivity contribution in [2.45, 2.75) is 13.8 Å². The van der Waals surface area contributed by atoms with Crippen LogP contribution in [0, 0.1) is 35.3 Å². The minimum atomic E-state index is -0.569. The van der Waals surface area contributed by atoms with Crippen molar-refractivity contribution in [2.24, 2.45) is 0 Å². The predicted octanol–water partition coefficient (Wildman–Crippen LogP) is 3.59. The number of morpholine rings is 1. The van der Waals surface area contributed by atoms with Crippen LogP contribution in [0.2, 0.25) is 0 Å². The molecule has 2 aromatic rings. The molecule has 1 fully saturated rings. The van der Waals surface area contributed by atoms with Gasteiger partial charge in [0.05, 0.1) is 18.1 Å². The van der Waals surface area contributed by atoms with Gasteiger partial charge >= 0.3 is 0 Å². The Morgan fingerprint density at radius 3 is 2.57 bits per heavy atom. The maximum Gasteiger partial charge on any atom is 0.293 e. The number of amides is 1. The minimum absolute atomic E-state index is 0.0718. The van der Waals surface area contributed by atoms with Gasteiger partial charge in [-0.2, -0.15) is 5.26 Å². The first-order valence-corrected chi connectivity index (χ1v) is 9.50. The summed E-state index contributed by atoms with van der Waals surface area (Å²) in [6.07, 6.45) is 1.35. The van der Waals surface area contributed by atoms with E-state index in [1.54, 1.807) is 18.2 Å². The van der Waals surface area contributed by atoms with Crippen LogP contribution in [0.3, 0.4) is 0 Å². The average molecular weight is 406 g/mol. The lowest BCUT2D eigenvalue weighted by Crippen LogP contribution is -2.36. The van der Waals surface area contributed by atoms with Crippen molar-refractivity contribution in [3.63, 3.8) is 0 Å². The number of nitro groups is 1. The molecule has 1 amide bonds. The van der Waals surface area contributed by atoms with Gasteiger partial charge in [-0.1, -0.05) is 12.1 Å². The summed E-state index contributed by atoms with van der Waals surface area (Å²) < 4.78 is 5.30. The Kier molecular flexibility index (Phi) is 6.45. The number of nitriles is 1. The molecule has 1 aliphatic heterocycles. The van der Waals surface area contributed by atoms with Crippen LogP contribution < -0.4 is 10.2 Å². The molecule has 0 bridgehead atoms. The van der Waals surface area contributed by atoms with E-state index in [1.165, 1.54) is 12.1 Å². The number of anilines is 2. The van der Waals surface area contributed by atoms with Gasteiger partial charge in [-0.3, -0.25) is 14.9 Å². The predicted molar refractivity (Wildman–Crippen MR) is 114 cm³/mol. The Hall–Kier alpha value is -3.70. The lowest BCUT2D eigenvalue weighted by Gasteiger charge is -2.28. The van der Waals surface area contributed by atoms with E-state index in [2.05, 4.69) is 5.32 Å². The van der Waals surface area contributed by atoms with Gasteiger partial charge in [0.25, 0.3) is 11.6 Å². The van der Waals surface area contributed by atoms with E-state index in [1.807, 2.05) is 36.9 Å². The molecule has 154 valence electrons. The maximum absolute atomic E-state index is 12.5. The van der Waals surface area contributed by atoms with E-state index in [0.29, 0.717) is 43.2 Å². The second-order valence-electron chi connectivity index (χ2n) is 7.03. The van der Waals surface area contributed by atoms with E-state index in [-0.39, 0.29) is 11.3 Å². The number of nitrogens with one attached hydrogen (secondary N) is 1. The van der Waals surface area contributed by atoms with Gasteiger partial charge in [-0.15, -0.1) is 0 Å². The molecule has 30 heavy (non-hydrogen) atoms. The Labute approximate surface area is 174 Å². The van der Waals surface area contributed by atoms with Crippen molar-refractivity contribution < 1.29 is 14.5 Å². The molecule has 1 saturated heterocycles. The van der Waals surface area contributed by atoms with Crippen molar-refractivity contribution in [3.05, 3.63) is 68.8 Å². The van der Waals surface area contributed by atoms with E-state index >= 15 is 0 Å². The molecule has 8 heteroatoms. The number of nitrogens with zero attached hydrogens (tertiary/aromatic N) is 3. The summed E-state index contributed by atoms with van der Waals surface area (Å²) in [5.74, 6) is -0.569. The number of hydrogen-bond donors (Lipinski definition) is 1. The van der Waals surface area contributed by atoms with Crippen LogP contribution in [0.5, 0.6) is 0 Å². The number of hydrogen-bond acceptors (Lipinski definition) is 6. The Balaban J connectivity index is 1.86. The third-order valence-electron chi connectivity index (χ3n) is 4.99. The van der Waals surface area contributed by atoms with E-state index in [4.69, 9.17) is 4.74 Å². The van der Waals surface area contributed by atoms with Gasteiger partial charge in [0, 0.05) is 24.8 Å². The first-order chi connectivity index (χ1) is 14.4. The minimum Gasteiger partial charge on any atom is -0.378 e. The lowest BCUT2D eigenvalue weighted by molar-refractivity contribution is -0.384. The van der Waals surface area contributed by atoms with Crippen LogP contribution in [-0.2, 0) is 9.53 Å². The fourth-order valence-electron chi connectivity index (χ4n) is 3.18. The maximum atomic E-state index is 12.5. The van der Waals surface area contributed by atoms with E-state index < -0.39 is 10.8 Å². The Bertz CT molecular complexity index is 1050. The van der Waals surface area contributed by atoms with Crippen LogP contribution in [0.4, 0.5) is 17.1 Å². The van der Waals surface area contributed by atoms with Gasteiger partial charge in [-0.05, 0) is 54.8 Å². The summed E-state index contributed by atoms with van der Waals surface area (Å²) in [4.78, 5) is 25.5. The molecule has 0 atom stereocenters. The first kappa shape index (κ1) is 21.0. The summed E-state index contributed by atoms with van der Waals surface area (Å²) >= 11 is 0. The molecule has 0 unspecified atom stereocenters. The molecular formula is C22H22N4O4. The second kappa shape index (κ2) is 9.20. The van der Waals surface area contributed by atoms with Gasteiger partial charge < -0.3 is 15.0 Å². The fourth-order valence-corrected chi connectivity index (χ4v) is 3.18. The highest BCUT2D eigenvalue weighted by Gasteiger charge is 2.22. The molecule has 0 radical (unpaired) electrons. The van der Waals surface area contributed by atoms with Gasteiger partial charge in [0.15, 0.2) is 0 Å². The second-order valence-corrected chi connectivity index (χ2v) is 7.03. The third kappa shape index (κ3) is 4.82. The number of carbonyl (C=O) groups excluding carboxylic acids is 1. The summed E-state index contributed by atoms with van der Waals surface area (Å²) in [6.45, 7) is 6.05. The Morgan fingerprint density at radius 1 is 1.20 bits per heavy atom. The number of aryl methyl sites for hydroxylation is 2.